The Morgan fingerprint density at radius 2 is 1.38 bits per heavy atom. The van der Waals surface area contributed by atoms with Gasteiger partial charge < -0.3 is 30.0 Å². The fourth-order valence-electron chi connectivity index (χ4n) is 4.82. The molecule has 0 saturated heterocycles. The average Bonchev–Trinajstić information content (AvgIpc) is 3.29. The smallest absolute Gasteiger partial charge is 0.407 e. The number of amides is 2. The maximum atomic E-state index is 13.2. The minimum atomic E-state index is -1.35. The first-order valence-corrected chi connectivity index (χ1v) is 13.1. The number of hydrogen-bond acceptors (Lipinski definition) is 6. The number of carboxylic acids is 1. The van der Waals surface area contributed by atoms with Gasteiger partial charge in [-0.25, -0.2) is 9.59 Å². The third-order valence-corrected chi connectivity index (χ3v) is 7.13. The maximum Gasteiger partial charge on any atom is 0.407 e. The molecule has 9 heteroatoms. The summed E-state index contributed by atoms with van der Waals surface area (Å²) in [5.74, 6) is -2.14. The van der Waals surface area contributed by atoms with Gasteiger partial charge in [0.2, 0.25) is 5.91 Å². The Balaban J connectivity index is 1.39. The first-order chi connectivity index (χ1) is 19.3. The molecule has 0 fully saturated rings. The van der Waals surface area contributed by atoms with E-state index in [0.29, 0.717) is 0 Å². The first kappa shape index (κ1) is 28.8. The van der Waals surface area contributed by atoms with Crippen LogP contribution < -0.4 is 10.6 Å². The number of ether oxygens (including phenoxy) is 3. The van der Waals surface area contributed by atoms with E-state index < -0.39 is 42.3 Å². The van der Waals surface area contributed by atoms with Crippen LogP contribution in [-0.2, 0) is 30.4 Å². The van der Waals surface area contributed by atoms with Crippen LogP contribution in [0.2, 0.25) is 0 Å². The number of alkyl carbamates (subject to hydrolysis) is 1. The first-order valence-electron chi connectivity index (χ1n) is 13.1. The molecular weight excluding hydrogens is 512 g/mol. The van der Waals surface area contributed by atoms with Crippen molar-refractivity contribution in [3.8, 4) is 11.1 Å². The summed E-state index contributed by atoms with van der Waals surface area (Å²) in [5.41, 5.74) is 5.18. The Kier molecular flexibility index (Phi) is 9.52. The van der Waals surface area contributed by atoms with Crippen LogP contribution in [-0.4, -0.2) is 61.1 Å². The highest BCUT2D eigenvalue weighted by Gasteiger charge is 2.35. The van der Waals surface area contributed by atoms with E-state index in [1.807, 2.05) is 78.9 Å². The van der Waals surface area contributed by atoms with Crippen LogP contribution in [0, 0.1) is 0 Å². The largest absolute Gasteiger partial charge is 0.480 e. The minimum absolute atomic E-state index is 0.0671. The van der Waals surface area contributed by atoms with Gasteiger partial charge in [-0.1, -0.05) is 78.9 Å². The predicted molar refractivity (Wildman–Crippen MR) is 149 cm³/mol. The molecule has 210 valence electrons. The minimum Gasteiger partial charge on any atom is -0.480 e. The molecule has 0 saturated carbocycles. The molecule has 3 aromatic rings. The van der Waals surface area contributed by atoms with Gasteiger partial charge in [0.15, 0.2) is 6.04 Å². The van der Waals surface area contributed by atoms with E-state index in [0.717, 1.165) is 27.8 Å². The van der Waals surface area contributed by atoms with E-state index in [4.69, 9.17) is 14.2 Å². The molecule has 3 N–H and O–H groups in total. The zero-order valence-corrected chi connectivity index (χ0v) is 22.7. The molecule has 4 rings (SSSR count). The fourth-order valence-corrected chi connectivity index (χ4v) is 4.82. The third-order valence-electron chi connectivity index (χ3n) is 7.13. The number of rotatable bonds is 12. The zero-order valence-electron chi connectivity index (χ0n) is 22.7. The molecule has 1 aliphatic rings. The van der Waals surface area contributed by atoms with Gasteiger partial charge in [-0.2, -0.15) is 0 Å². The second-order valence-corrected chi connectivity index (χ2v) is 9.71. The molecule has 2 amide bonds. The second-order valence-electron chi connectivity index (χ2n) is 9.71. The number of methoxy groups -OCH3 is 1. The number of hydrogen-bond donors (Lipinski definition) is 3. The summed E-state index contributed by atoms with van der Waals surface area (Å²) in [6.45, 7) is 3.41. The lowest BCUT2D eigenvalue weighted by molar-refractivity contribution is -0.147. The Labute approximate surface area is 233 Å². The summed E-state index contributed by atoms with van der Waals surface area (Å²) in [6.07, 6.45) is -2.43. The maximum absolute atomic E-state index is 13.2. The van der Waals surface area contributed by atoms with Crippen LogP contribution >= 0.6 is 0 Å². The Hall–Kier alpha value is -4.21. The topological polar surface area (TPSA) is 123 Å². The van der Waals surface area contributed by atoms with Crippen LogP contribution in [0.5, 0.6) is 0 Å². The van der Waals surface area contributed by atoms with E-state index in [1.54, 1.807) is 13.8 Å². The number of nitrogens with one attached hydrogen (secondary N) is 2. The van der Waals surface area contributed by atoms with Crippen LogP contribution in [0.25, 0.3) is 11.1 Å². The van der Waals surface area contributed by atoms with Crippen LogP contribution in [0.4, 0.5) is 4.79 Å². The monoisotopic (exact) mass is 546 g/mol. The van der Waals surface area contributed by atoms with Gasteiger partial charge in [-0.15, -0.1) is 0 Å². The standard InChI is InChI=1S/C31H34N2O7/c1-19(38-3)27(29(34)32-28(30(35)36)20(2)39-17-21-11-5-4-6-12-21)33-31(37)40-18-26-24-15-9-7-13-22(24)23-14-8-10-16-25(23)26/h4-16,19-20,26-28H,17-18H2,1-3H3,(H,32,34)(H,33,37)(H,35,36)/t19-,20?,27+,28?/m1/s1. The Morgan fingerprint density at radius 3 is 1.95 bits per heavy atom. The van der Waals surface area contributed by atoms with E-state index in [9.17, 15) is 19.5 Å². The predicted octanol–water partition coefficient (Wildman–Crippen LogP) is 4.10. The van der Waals surface area contributed by atoms with Crippen molar-refractivity contribution in [2.24, 2.45) is 0 Å². The summed E-state index contributed by atoms with van der Waals surface area (Å²) in [4.78, 5) is 38.0. The number of carbonyl (C=O) groups excluding carboxylic acids is 2. The van der Waals surface area contributed by atoms with Gasteiger partial charge in [0.25, 0.3) is 0 Å². The molecule has 0 radical (unpaired) electrons. The third kappa shape index (κ3) is 6.67. The number of benzene rings is 3. The molecule has 0 bridgehead atoms. The van der Waals surface area contributed by atoms with Crippen LogP contribution in [0.15, 0.2) is 78.9 Å². The summed E-state index contributed by atoms with van der Waals surface area (Å²) < 4.78 is 16.6. The Bertz CT molecular complexity index is 1280. The molecule has 40 heavy (non-hydrogen) atoms. The van der Waals surface area contributed by atoms with E-state index in [2.05, 4.69) is 10.6 Å². The lowest BCUT2D eigenvalue weighted by atomic mass is 9.98. The van der Waals surface area contributed by atoms with Gasteiger partial charge >= 0.3 is 12.1 Å². The number of fused-ring (bicyclic) bond motifs is 3. The summed E-state index contributed by atoms with van der Waals surface area (Å²) in [6, 6.07) is 22.7. The Morgan fingerprint density at radius 1 is 0.800 bits per heavy atom. The van der Waals surface area contributed by atoms with Gasteiger partial charge in [0.05, 0.1) is 18.8 Å². The lowest BCUT2D eigenvalue weighted by Crippen LogP contribution is -2.58. The van der Waals surface area contributed by atoms with Gasteiger partial charge in [0.1, 0.15) is 12.6 Å². The van der Waals surface area contributed by atoms with Crippen molar-refractivity contribution in [1.29, 1.82) is 0 Å². The number of carbonyl (C=O) groups is 3. The molecule has 9 nitrogen and oxygen atoms in total. The molecule has 0 heterocycles. The summed E-state index contributed by atoms with van der Waals surface area (Å²) >= 11 is 0. The normalized spacial score (nSPS) is 15.2. The van der Waals surface area contributed by atoms with Gasteiger partial charge in [-0.05, 0) is 41.7 Å². The highest BCUT2D eigenvalue weighted by atomic mass is 16.5. The molecule has 2 unspecified atom stereocenters. The highest BCUT2D eigenvalue weighted by Crippen LogP contribution is 2.44. The molecule has 0 aliphatic heterocycles. The van der Waals surface area contributed by atoms with Crippen molar-refractivity contribution < 1.29 is 33.7 Å². The molecule has 0 spiro atoms. The zero-order chi connectivity index (χ0) is 28.6. The van der Waals surface area contributed by atoms with Gasteiger partial charge in [-0.3, -0.25) is 4.79 Å². The average molecular weight is 547 g/mol. The van der Waals surface area contributed by atoms with E-state index in [-0.39, 0.29) is 19.1 Å². The fraction of sp³-hybridized carbons (Fsp3) is 0.323. The molecule has 4 atom stereocenters. The quantitative estimate of drug-likeness (QED) is 0.313. The van der Waals surface area contributed by atoms with E-state index >= 15 is 0 Å². The molecule has 3 aromatic carbocycles. The summed E-state index contributed by atoms with van der Waals surface area (Å²) in [7, 11) is 1.39. The van der Waals surface area contributed by atoms with Crippen molar-refractivity contribution in [2.45, 2.75) is 50.7 Å². The van der Waals surface area contributed by atoms with Crippen molar-refractivity contribution in [3.63, 3.8) is 0 Å². The SMILES string of the molecule is CO[C@H](C)[C@H](NC(=O)OCC1c2ccccc2-c2ccccc21)C(=O)NC(C(=O)O)C(C)OCc1ccccc1. The number of aliphatic carboxylic acids is 1. The van der Waals surface area contributed by atoms with E-state index in [1.165, 1.54) is 7.11 Å². The van der Waals surface area contributed by atoms with Crippen molar-refractivity contribution in [3.05, 3.63) is 95.6 Å². The van der Waals surface area contributed by atoms with Crippen LogP contribution in [0.3, 0.4) is 0 Å². The molecule has 1 aliphatic carbocycles. The second kappa shape index (κ2) is 13.2. The summed E-state index contributed by atoms with van der Waals surface area (Å²) in [5, 5.41) is 14.8. The van der Waals surface area contributed by atoms with Crippen LogP contribution in [0.1, 0.15) is 36.5 Å². The molecule has 0 aromatic heterocycles. The number of carboxylic acid groups (broad SMARTS) is 1. The lowest BCUT2D eigenvalue weighted by Gasteiger charge is -2.27. The van der Waals surface area contributed by atoms with Gasteiger partial charge in [0, 0.05) is 13.0 Å². The van der Waals surface area contributed by atoms with Crippen molar-refractivity contribution >= 4 is 18.0 Å². The van der Waals surface area contributed by atoms with Crippen molar-refractivity contribution in [2.75, 3.05) is 13.7 Å². The molecular formula is C31H34N2O7. The van der Waals surface area contributed by atoms with Crippen molar-refractivity contribution in [1.82, 2.24) is 10.6 Å². The highest BCUT2D eigenvalue weighted by molar-refractivity contribution is 5.90.